The highest BCUT2D eigenvalue weighted by molar-refractivity contribution is 5.97. The maximum absolute atomic E-state index is 12.2. The van der Waals surface area contributed by atoms with Gasteiger partial charge in [-0.25, -0.2) is 15.0 Å². The van der Waals surface area contributed by atoms with Crippen molar-refractivity contribution in [3.8, 4) is 5.75 Å². The van der Waals surface area contributed by atoms with Crippen LogP contribution in [0.15, 0.2) is 43.0 Å². The molecule has 28 heavy (non-hydrogen) atoms. The maximum atomic E-state index is 12.2. The van der Waals surface area contributed by atoms with Crippen molar-refractivity contribution in [2.24, 2.45) is 0 Å². The van der Waals surface area contributed by atoms with Gasteiger partial charge in [-0.1, -0.05) is 18.2 Å². The van der Waals surface area contributed by atoms with Gasteiger partial charge in [0.1, 0.15) is 24.4 Å². The fourth-order valence-corrected chi connectivity index (χ4v) is 3.04. The minimum Gasteiger partial charge on any atom is -0.484 e. The molecule has 4 rings (SSSR count). The van der Waals surface area contributed by atoms with E-state index in [1.54, 1.807) is 16.7 Å². The molecule has 3 N–H and O–H groups in total. The number of anilines is 1. The first kappa shape index (κ1) is 18.3. The second kappa shape index (κ2) is 7.89. The zero-order valence-electron chi connectivity index (χ0n) is 14.8. The Bertz CT molecular complexity index is 963. The molecule has 0 bridgehead atoms. The topological polar surface area (TPSA) is 132 Å². The second-order valence-electron chi connectivity index (χ2n) is 6.31. The summed E-state index contributed by atoms with van der Waals surface area (Å²) in [5.74, 6) is 0.457. The van der Waals surface area contributed by atoms with Gasteiger partial charge in [-0.05, 0) is 12.1 Å². The number of fused-ring (bicyclic) bond motifs is 1. The van der Waals surface area contributed by atoms with Gasteiger partial charge in [0, 0.05) is 6.42 Å². The van der Waals surface area contributed by atoms with E-state index in [1.165, 1.54) is 12.7 Å². The van der Waals surface area contributed by atoms with Crippen molar-refractivity contribution in [3.05, 3.63) is 43.0 Å². The number of benzene rings is 1. The minimum absolute atomic E-state index is 0.174. The summed E-state index contributed by atoms with van der Waals surface area (Å²) in [6.45, 7) is -0.450. The van der Waals surface area contributed by atoms with Crippen LogP contribution in [0.4, 0.5) is 5.82 Å². The van der Waals surface area contributed by atoms with E-state index >= 15 is 0 Å². The molecule has 10 nitrogen and oxygen atoms in total. The van der Waals surface area contributed by atoms with Crippen LogP contribution in [-0.4, -0.2) is 61.1 Å². The van der Waals surface area contributed by atoms with Crippen molar-refractivity contribution >= 4 is 22.9 Å². The molecule has 3 heterocycles. The highest BCUT2D eigenvalue weighted by Gasteiger charge is 2.35. The Hall–Kier alpha value is -3.08. The highest BCUT2D eigenvalue weighted by Crippen LogP contribution is 2.31. The summed E-state index contributed by atoms with van der Waals surface area (Å²) in [7, 11) is 0. The molecule has 3 aromatic rings. The van der Waals surface area contributed by atoms with Gasteiger partial charge in [0.15, 0.2) is 23.6 Å². The molecule has 1 amide bonds. The minimum atomic E-state index is -0.774. The van der Waals surface area contributed by atoms with Crippen molar-refractivity contribution in [2.45, 2.75) is 24.9 Å². The first-order chi connectivity index (χ1) is 13.7. The number of carbonyl (C=O) groups is 1. The fraction of sp³-hybridized carbons (Fsp3) is 0.333. The number of aliphatic hydroxyl groups excluding tert-OH is 2. The maximum Gasteiger partial charge on any atom is 0.263 e. The molecule has 0 spiro atoms. The molecule has 1 saturated heterocycles. The zero-order chi connectivity index (χ0) is 19.5. The van der Waals surface area contributed by atoms with Gasteiger partial charge < -0.3 is 25.0 Å². The van der Waals surface area contributed by atoms with E-state index in [4.69, 9.17) is 9.47 Å². The third kappa shape index (κ3) is 3.65. The number of aliphatic hydroxyl groups is 2. The molecule has 0 unspecified atom stereocenters. The van der Waals surface area contributed by atoms with Crippen LogP contribution in [0, 0.1) is 0 Å². The number of nitrogens with zero attached hydrogens (tertiary/aromatic N) is 4. The van der Waals surface area contributed by atoms with Gasteiger partial charge in [-0.3, -0.25) is 9.36 Å². The Morgan fingerprint density at radius 2 is 2.11 bits per heavy atom. The largest absolute Gasteiger partial charge is 0.484 e. The van der Waals surface area contributed by atoms with E-state index in [2.05, 4.69) is 20.3 Å². The average molecular weight is 385 g/mol. The second-order valence-corrected chi connectivity index (χ2v) is 6.31. The SMILES string of the molecule is O=C(COc1ccccc1)Nc1ncnc2c1ncn2[C@H]1C[C@H](O)[C@@H](CO)O1. The van der Waals surface area contributed by atoms with Gasteiger partial charge >= 0.3 is 0 Å². The van der Waals surface area contributed by atoms with Crippen molar-refractivity contribution < 1.29 is 24.5 Å². The molecule has 1 aromatic carbocycles. The summed E-state index contributed by atoms with van der Waals surface area (Å²) in [5.41, 5.74) is 0.839. The van der Waals surface area contributed by atoms with Crippen LogP contribution in [0.1, 0.15) is 12.6 Å². The van der Waals surface area contributed by atoms with Crippen LogP contribution in [0.2, 0.25) is 0 Å². The number of imidazole rings is 1. The quantitative estimate of drug-likeness (QED) is 0.558. The Labute approximate surface area is 159 Å². The summed E-state index contributed by atoms with van der Waals surface area (Å²) < 4.78 is 12.7. The zero-order valence-corrected chi connectivity index (χ0v) is 14.8. The third-order valence-corrected chi connectivity index (χ3v) is 4.42. The lowest BCUT2D eigenvalue weighted by Crippen LogP contribution is -2.24. The fourth-order valence-electron chi connectivity index (χ4n) is 3.04. The normalized spacial score (nSPS) is 21.7. The number of aromatic nitrogens is 4. The van der Waals surface area contributed by atoms with Crippen LogP contribution in [0.25, 0.3) is 11.2 Å². The summed E-state index contributed by atoms with van der Waals surface area (Å²) in [5, 5.41) is 21.8. The highest BCUT2D eigenvalue weighted by atomic mass is 16.5. The van der Waals surface area contributed by atoms with E-state index in [0.29, 0.717) is 23.3 Å². The monoisotopic (exact) mass is 385 g/mol. The van der Waals surface area contributed by atoms with Crippen LogP contribution >= 0.6 is 0 Å². The number of ether oxygens (including phenoxy) is 2. The predicted octanol–water partition coefficient (Wildman–Crippen LogP) is 0.484. The lowest BCUT2D eigenvalue weighted by atomic mass is 10.2. The van der Waals surface area contributed by atoms with E-state index in [0.717, 1.165) is 0 Å². The predicted molar refractivity (Wildman–Crippen MR) is 97.5 cm³/mol. The number of carbonyl (C=O) groups excluding carboxylic acids is 1. The molecule has 0 radical (unpaired) electrons. The van der Waals surface area contributed by atoms with Gasteiger partial charge in [0.2, 0.25) is 0 Å². The Balaban J connectivity index is 1.48. The molecule has 0 aliphatic carbocycles. The molecule has 2 aromatic heterocycles. The molecule has 10 heteroatoms. The van der Waals surface area contributed by atoms with Crippen molar-refractivity contribution in [2.75, 3.05) is 18.5 Å². The standard InChI is InChI=1S/C18H19N5O5/c24-7-13-12(25)6-15(28-13)23-10-21-16-17(19-9-20-18(16)23)22-14(26)8-27-11-4-2-1-3-5-11/h1-5,9-10,12-13,15,24-25H,6-8H2,(H,19,20,22,26)/t12-,13+,15+/m0/s1. The van der Waals surface area contributed by atoms with Crippen molar-refractivity contribution in [1.29, 1.82) is 0 Å². The van der Waals surface area contributed by atoms with E-state index in [-0.39, 0.29) is 24.9 Å². The Kier molecular flexibility index (Phi) is 5.15. The summed E-state index contributed by atoms with van der Waals surface area (Å²) >= 11 is 0. The first-order valence-electron chi connectivity index (χ1n) is 8.75. The molecular weight excluding hydrogens is 366 g/mol. The van der Waals surface area contributed by atoms with Crippen LogP contribution in [0.5, 0.6) is 5.75 Å². The van der Waals surface area contributed by atoms with E-state index in [1.807, 2.05) is 18.2 Å². The lowest BCUT2D eigenvalue weighted by Gasteiger charge is -2.13. The van der Waals surface area contributed by atoms with Crippen molar-refractivity contribution in [3.63, 3.8) is 0 Å². The van der Waals surface area contributed by atoms with Gasteiger partial charge in [-0.15, -0.1) is 0 Å². The van der Waals surface area contributed by atoms with Gasteiger partial charge in [0.25, 0.3) is 5.91 Å². The van der Waals surface area contributed by atoms with E-state index < -0.39 is 18.4 Å². The smallest absolute Gasteiger partial charge is 0.263 e. The number of nitrogens with one attached hydrogen (secondary N) is 1. The number of hydrogen-bond donors (Lipinski definition) is 3. The molecular formula is C18H19N5O5. The van der Waals surface area contributed by atoms with Crippen LogP contribution in [-0.2, 0) is 9.53 Å². The van der Waals surface area contributed by atoms with Crippen LogP contribution < -0.4 is 10.1 Å². The van der Waals surface area contributed by atoms with Crippen molar-refractivity contribution in [1.82, 2.24) is 19.5 Å². The van der Waals surface area contributed by atoms with E-state index in [9.17, 15) is 15.0 Å². The Morgan fingerprint density at radius 3 is 2.86 bits per heavy atom. The number of hydrogen-bond acceptors (Lipinski definition) is 8. The molecule has 1 aliphatic heterocycles. The summed E-state index contributed by atoms with van der Waals surface area (Å²) in [6, 6.07) is 9.01. The molecule has 3 atom stereocenters. The molecule has 1 fully saturated rings. The summed E-state index contributed by atoms with van der Waals surface area (Å²) in [6.07, 6.45) is 1.17. The van der Waals surface area contributed by atoms with Crippen LogP contribution in [0.3, 0.4) is 0 Å². The number of rotatable bonds is 6. The lowest BCUT2D eigenvalue weighted by molar-refractivity contribution is -0.118. The number of para-hydroxylation sites is 1. The van der Waals surface area contributed by atoms with Gasteiger partial charge in [-0.2, -0.15) is 0 Å². The molecule has 1 aliphatic rings. The molecule has 146 valence electrons. The molecule has 0 saturated carbocycles. The van der Waals surface area contributed by atoms with Gasteiger partial charge in [0.05, 0.1) is 19.0 Å². The third-order valence-electron chi connectivity index (χ3n) is 4.42. The first-order valence-corrected chi connectivity index (χ1v) is 8.75. The average Bonchev–Trinajstić information content (AvgIpc) is 3.31. The summed E-state index contributed by atoms with van der Waals surface area (Å²) in [4.78, 5) is 24.8. The number of amides is 1. The Morgan fingerprint density at radius 1 is 1.29 bits per heavy atom.